The molecule has 0 aliphatic heterocycles. The van der Waals surface area contributed by atoms with E-state index in [1.807, 2.05) is 0 Å². The molecule has 0 saturated heterocycles. The lowest BCUT2D eigenvalue weighted by molar-refractivity contribution is -0.0776. The van der Waals surface area contributed by atoms with E-state index in [4.69, 9.17) is 9.47 Å². The second kappa shape index (κ2) is 22.5. The average Bonchev–Trinajstić information content (AvgIpc) is 2.75. The van der Waals surface area contributed by atoms with Crippen molar-refractivity contribution in [1.29, 1.82) is 0 Å². The van der Waals surface area contributed by atoms with Gasteiger partial charge in [0.1, 0.15) is 0 Å². The van der Waals surface area contributed by atoms with Crippen molar-refractivity contribution in [2.45, 2.75) is 117 Å². The Hall–Kier alpha value is -0.160. The minimum Gasteiger partial charge on any atom is -0.396 e. The smallest absolute Gasteiger partial charge is 0.0632 e. The van der Waals surface area contributed by atoms with Gasteiger partial charge >= 0.3 is 0 Å². The number of rotatable bonds is 24. The van der Waals surface area contributed by atoms with E-state index in [0.29, 0.717) is 26.4 Å². The van der Waals surface area contributed by atoms with Crippen LogP contribution in [0.3, 0.4) is 0 Å². The van der Waals surface area contributed by atoms with E-state index in [1.165, 1.54) is 89.9 Å². The first-order valence-electron chi connectivity index (χ1n) is 12.6. The van der Waals surface area contributed by atoms with Crippen LogP contribution in [-0.2, 0) is 9.47 Å². The van der Waals surface area contributed by atoms with Crippen molar-refractivity contribution in [1.82, 2.24) is 0 Å². The molecule has 4 nitrogen and oxygen atoms in total. The van der Waals surface area contributed by atoms with Gasteiger partial charge in [-0.1, -0.05) is 104 Å². The summed E-state index contributed by atoms with van der Waals surface area (Å²) in [7, 11) is 0. The third-order valence-electron chi connectivity index (χ3n) is 5.77. The zero-order valence-corrected chi connectivity index (χ0v) is 19.8. The Morgan fingerprint density at radius 3 is 1.10 bits per heavy atom. The zero-order valence-electron chi connectivity index (χ0n) is 19.8. The van der Waals surface area contributed by atoms with Crippen molar-refractivity contribution in [3.63, 3.8) is 0 Å². The van der Waals surface area contributed by atoms with Gasteiger partial charge in [-0.25, -0.2) is 0 Å². The highest BCUT2D eigenvalue weighted by atomic mass is 16.5. The Balaban J connectivity index is 3.64. The maximum atomic E-state index is 9.74. The van der Waals surface area contributed by atoms with Gasteiger partial charge in [-0.05, 0) is 12.8 Å². The van der Waals surface area contributed by atoms with E-state index in [-0.39, 0.29) is 13.2 Å². The third kappa shape index (κ3) is 18.3. The van der Waals surface area contributed by atoms with Crippen LogP contribution in [0, 0.1) is 5.41 Å². The molecule has 0 spiro atoms. The van der Waals surface area contributed by atoms with Gasteiger partial charge in [0, 0.05) is 13.2 Å². The van der Waals surface area contributed by atoms with Crippen molar-refractivity contribution in [3.05, 3.63) is 0 Å². The van der Waals surface area contributed by atoms with Gasteiger partial charge in [-0.3, -0.25) is 0 Å². The summed E-state index contributed by atoms with van der Waals surface area (Å²) in [6, 6.07) is 0. The van der Waals surface area contributed by atoms with Crippen LogP contribution in [-0.4, -0.2) is 49.9 Å². The predicted molar refractivity (Wildman–Crippen MR) is 123 cm³/mol. The summed E-state index contributed by atoms with van der Waals surface area (Å²) >= 11 is 0. The molecule has 0 aromatic carbocycles. The van der Waals surface area contributed by atoms with Crippen molar-refractivity contribution < 1.29 is 19.7 Å². The van der Waals surface area contributed by atoms with E-state index in [9.17, 15) is 10.2 Å². The molecule has 0 amide bonds. The molecule has 29 heavy (non-hydrogen) atoms. The van der Waals surface area contributed by atoms with Gasteiger partial charge in [0.2, 0.25) is 0 Å². The second-order valence-electron chi connectivity index (χ2n) is 8.87. The van der Waals surface area contributed by atoms with Crippen molar-refractivity contribution in [3.8, 4) is 0 Å². The van der Waals surface area contributed by atoms with Gasteiger partial charge in [-0.15, -0.1) is 0 Å². The molecule has 4 heteroatoms. The van der Waals surface area contributed by atoms with Gasteiger partial charge < -0.3 is 19.7 Å². The summed E-state index contributed by atoms with van der Waals surface area (Å²) in [6.07, 6.45) is 20.5. The Morgan fingerprint density at radius 1 is 0.483 bits per heavy atom. The fraction of sp³-hybridized carbons (Fsp3) is 1.00. The molecular weight excluding hydrogens is 364 g/mol. The first-order valence-corrected chi connectivity index (χ1v) is 12.6. The second-order valence-corrected chi connectivity index (χ2v) is 8.87. The highest BCUT2D eigenvalue weighted by Crippen LogP contribution is 2.18. The highest BCUT2D eigenvalue weighted by Gasteiger charge is 2.29. The molecule has 0 aromatic heterocycles. The number of aliphatic hydroxyl groups excluding tert-OH is 2. The Labute approximate surface area is 181 Å². The zero-order chi connectivity index (χ0) is 21.5. The van der Waals surface area contributed by atoms with Crippen molar-refractivity contribution in [2.75, 3.05) is 39.6 Å². The van der Waals surface area contributed by atoms with E-state index < -0.39 is 5.41 Å². The molecule has 0 fully saturated rings. The van der Waals surface area contributed by atoms with Gasteiger partial charge in [0.15, 0.2) is 0 Å². The number of hydrogen-bond acceptors (Lipinski definition) is 4. The molecule has 0 heterocycles. The summed E-state index contributed by atoms with van der Waals surface area (Å²) in [6.45, 7) is 6.44. The summed E-state index contributed by atoms with van der Waals surface area (Å²) in [5.41, 5.74) is -0.666. The summed E-state index contributed by atoms with van der Waals surface area (Å²) in [4.78, 5) is 0. The largest absolute Gasteiger partial charge is 0.396 e. The average molecular weight is 417 g/mol. The fourth-order valence-corrected chi connectivity index (χ4v) is 3.53. The molecule has 0 aliphatic rings. The molecule has 2 N–H and O–H groups in total. The number of hydrogen-bond donors (Lipinski definition) is 2. The van der Waals surface area contributed by atoms with Crippen LogP contribution in [0.4, 0.5) is 0 Å². The minimum absolute atomic E-state index is 0.0989. The Morgan fingerprint density at radius 2 is 0.793 bits per heavy atom. The normalized spacial score (nSPS) is 12.0. The highest BCUT2D eigenvalue weighted by molar-refractivity contribution is 4.77. The lowest BCUT2D eigenvalue weighted by atomic mass is 9.92. The van der Waals surface area contributed by atoms with Crippen LogP contribution in [0.25, 0.3) is 0 Å². The molecule has 0 aliphatic carbocycles. The van der Waals surface area contributed by atoms with Gasteiger partial charge in [-0.2, -0.15) is 0 Å². The van der Waals surface area contributed by atoms with Crippen LogP contribution < -0.4 is 0 Å². The monoisotopic (exact) mass is 416 g/mol. The number of aliphatic hydroxyl groups is 2. The standard InChI is InChI=1S/C25H52O4/c1-3-5-7-9-11-13-15-17-19-28-23-25(21-26,22-27)24-29-20-18-16-14-12-10-8-6-4-2/h26-27H,3-24H2,1-2H3. The molecule has 0 bridgehead atoms. The molecule has 176 valence electrons. The van der Waals surface area contributed by atoms with Crippen LogP contribution >= 0.6 is 0 Å². The first kappa shape index (κ1) is 28.8. The van der Waals surface area contributed by atoms with Gasteiger partial charge in [0.05, 0.1) is 31.8 Å². The maximum Gasteiger partial charge on any atom is 0.0632 e. The lowest BCUT2D eigenvalue weighted by Crippen LogP contribution is -2.40. The molecular formula is C25H52O4. The molecule has 0 aromatic rings. The Kier molecular flexibility index (Phi) is 22.4. The summed E-state index contributed by atoms with van der Waals surface area (Å²) < 4.78 is 11.5. The van der Waals surface area contributed by atoms with E-state index >= 15 is 0 Å². The van der Waals surface area contributed by atoms with E-state index in [0.717, 1.165) is 12.8 Å². The SMILES string of the molecule is CCCCCCCCCCOCC(CO)(CO)COCCCCCCCCCC. The molecule has 0 atom stereocenters. The molecule has 0 rings (SSSR count). The molecule has 0 unspecified atom stereocenters. The van der Waals surface area contributed by atoms with Crippen LogP contribution in [0.15, 0.2) is 0 Å². The maximum absolute atomic E-state index is 9.74. The minimum atomic E-state index is -0.666. The fourth-order valence-electron chi connectivity index (χ4n) is 3.53. The van der Waals surface area contributed by atoms with Crippen molar-refractivity contribution in [2.24, 2.45) is 5.41 Å². The third-order valence-corrected chi connectivity index (χ3v) is 5.77. The van der Waals surface area contributed by atoms with E-state index in [2.05, 4.69) is 13.8 Å². The predicted octanol–water partition coefficient (Wildman–Crippen LogP) is 6.27. The van der Waals surface area contributed by atoms with Crippen LogP contribution in [0.5, 0.6) is 0 Å². The molecule has 0 saturated carbocycles. The van der Waals surface area contributed by atoms with Crippen LogP contribution in [0.1, 0.15) is 117 Å². The van der Waals surface area contributed by atoms with Crippen LogP contribution in [0.2, 0.25) is 0 Å². The quantitative estimate of drug-likeness (QED) is 0.182. The van der Waals surface area contributed by atoms with E-state index in [1.54, 1.807) is 0 Å². The van der Waals surface area contributed by atoms with Crippen molar-refractivity contribution >= 4 is 0 Å². The topological polar surface area (TPSA) is 58.9 Å². The molecule has 0 radical (unpaired) electrons. The lowest BCUT2D eigenvalue weighted by Gasteiger charge is -2.29. The Bertz CT molecular complexity index is 279. The summed E-state index contributed by atoms with van der Waals surface area (Å²) in [5, 5.41) is 19.5. The number of ether oxygens (including phenoxy) is 2. The number of unbranched alkanes of at least 4 members (excludes halogenated alkanes) is 14. The van der Waals surface area contributed by atoms with Gasteiger partial charge in [0.25, 0.3) is 0 Å². The first-order chi connectivity index (χ1) is 14.2. The summed E-state index contributed by atoms with van der Waals surface area (Å²) in [5.74, 6) is 0.